The number of halogens is 3. The lowest BCUT2D eigenvalue weighted by Gasteiger charge is -2.54. The summed E-state index contributed by atoms with van der Waals surface area (Å²) in [5, 5.41) is 21.9. The number of alkyl halides is 3. The van der Waals surface area contributed by atoms with Crippen molar-refractivity contribution in [2.45, 2.75) is 56.7 Å². The minimum absolute atomic E-state index is 0.0296. The highest BCUT2D eigenvalue weighted by Gasteiger charge is 2.62. The van der Waals surface area contributed by atoms with Crippen molar-refractivity contribution in [3.8, 4) is 0 Å². The van der Waals surface area contributed by atoms with E-state index in [2.05, 4.69) is 5.32 Å². The fraction of sp³-hybridized carbons (Fsp3) is 0.333. The van der Waals surface area contributed by atoms with Crippen LogP contribution in [0.5, 0.6) is 0 Å². The molecule has 2 aliphatic rings. The Morgan fingerprint density at radius 2 is 1.48 bits per heavy atom. The Hall–Kier alpha value is -4.45. The molecule has 2 amide bonds. The van der Waals surface area contributed by atoms with Gasteiger partial charge in [0.05, 0.1) is 0 Å². The van der Waals surface area contributed by atoms with Gasteiger partial charge in [0.2, 0.25) is 5.91 Å². The molecule has 0 bridgehead atoms. The molecule has 3 aromatic rings. The summed E-state index contributed by atoms with van der Waals surface area (Å²) in [6.07, 6.45) is -5.05. The van der Waals surface area contributed by atoms with Crippen LogP contribution in [0.1, 0.15) is 31.4 Å². The average Bonchev–Trinajstić information content (AvgIpc) is 3.40. The number of fused-ring (bicyclic) bond motifs is 1. The second kappa shape index (κ2) is 11.4. The lowest BCUT2D eigenvalue weighted by molar-refractivity contribution is -0.192. The summed E-state index contributed by atoms with van der Waals surface area (Å²) >= 11 is 0. The Bertz CT molecular complexity index is 1510. The van der Waals surface area contributed by atoms with Crippen molar-refractivity contribution in [1.82, 2.24) is 15.1 Å². The number of carboxylic acid groups (broad SMARTS) is 2. The molecule has 0 aromatic heterocycles. The number of aliphatic carboxylic acids is 2. The zero-order valence-electron chi connectivity index (χ0n) is 22.9. The van der Waals surface area contributed by atoms with Crippen LogP contribution in [0, 0.1) is 0 Å². The number of carboxylic acids is 2. The summed E-state index contributed by atoms with van der Waals surface area (Å²) in [4.78, 5) is 52.4. The zero-order valence-corrected chi connectivity index (χ0v) is 22.9. The van der Waals surface area contributed by atoms with Crippen LogP contribution in [0.2, 0.25) is 0 Å². The summed E-state index contributed by atoms with van der Waals surface area (Å²) in [6.45, 7) is 4.16. The number of rotatable bonds is 5. The molecule has 12 heteroatoms. The van der Waals surface area contributed by atoms with Crippen LogP contribution in [0.25, 0.3) is 10.8 Å². The van der Waals surface area contributed by atoms with Gasteiger partial charge in [-0.25, -0.2) is 4.79 Å². The topological polar surface area (TPSA) is 127 Å². The van der Waals surface area contributed by atoms with E-state index >= 15 is 0 Å². The molecule has 2 heterocycles. The molecule has 3 aromatic carbocycles. The number of nitrogens with zero attached hydrogens (tertiary/aromatic N) is 2. The first-order valence-electron chi connectivity index (χ1n) is 13.1. The molecule has 222 valence electrons. The highest BCUT2D eigenvalue weighted by Crippen LogP contribution is 2.40. The van der Waals surface area contributed by atoms with Crippen molar-refractivity contribution in [2.75, 3.05) is 6.54 Å². The molecule has 0 radical (unpaired) electrons. The normalized spacial score (nSPS) is 21.8. The number of benzene rings is 3. The summed E-state index contributed by atoms with van der Waals surface area (Å²) in [5.41, 5.74) is -0.527. The Balaban J connectivity index is 0.000000517. The van der Waals surface area contributed by atoms with Crippen molar-refractivity contribution < 1.29 is 42.6 Å². The van der Waals surface area contributed by atoms with Gasteiger partial charge < -0.3 is 25.3 Å². The first-order valence-corrected chi connectivity index (χ1v) is 13.1. The first kappa shape index (κ1) is 30.5. The lowest BCUT2D eigenvalue weighted by Crippen LogP contribution is -2.75. The van der Waals surface area contributed by atoms with Crippen LogP contribution in [0.3, 0.4) is 0 Å². The van der Waals surface area contributed by atoms with Gasteiger partial charge in [0, 0.05) is 26.1 Å². The van der Waals surface area contributed by atoms with Gasteiger partial charge in [-0.1, -0.05) is 72.8 Å². The highest BCUT2D eigenvalue weighted by atomic mass is 19.4. The number of hydrogen-bond donors (Lipinski definition) is 3. The third kappa shape index (κ3) is 5.80. The van der Waals surface area contributed by atoms with E-state index in [1.807, 2.05) is 72.8 Å². The van der Waals surface area contributed by atoms with E-state index in [0.717, 1.165) is 21.9 Å². The van der Waals surface area contributed by atoms with Gasteiger partial charge in [-0.2, -0.15) is 13.2 Å². The van der Waals surface area contributed by atoms with Gasteiger partial charge in [-0.15, -0.1) is 0 Å². The summed E-state index contributed by atoms with van der Waals surface area (Å²) in [7, 11) is 0. The molecule has 5 rings (SSSR count). The molecule has 3 N–H and O–H groups in total. The summed E-state index contributed by atoms with van der Waals surface area (Å²) in [6, 6.07) is 22.5. The second-order valence-corrected chi connectivity index (χ2v) is 10.8. The van der Waals surface area contributed by atoms with E-state index in [1.165, 1.54) is 0 Å². The van der Waals surface area contributed by atoms with Crippen LogP contribution in [0.4, 0.5) is 13.2 Å². The first-order chi connectivity index (χ1) is 19.7. The average molecular weight is 586 g/mol. The molecular weight excluding hydrogens is 555 g/mol. The van der Waals surface area contributed by atoms with Crippen molar-refractivity contribution in [1.29, 1.82) is 0 Å². The molecular formula is C30H30F3N3O6. The highest BCUT2D eigenvalue weighted by molar-refractivity contribution is 6.03. The maximum atomic E-state index is 14.3. The predicted octanol–water partition coefficient (Wildman–Crippen LogP) is 3.81. The predicted molar refractivity (Wildman–Crippen MR) is 146 cm³/mol. The fourth-order valence-corrected chi connectivity index (χ4v) is 5.44. The quantitative estimate of drug-likeness (QED) is 0.416. The minimum atomic E-state index is -5.08. The number of hydrogen-bond acceptors (Lipinski definition) is 5. The van der Waals surface area contributed by atoms with Gasteiger partial charge in [-0.05, 0) is 35.7 Å². The van der Waals surface area contributed by atoms with Crippen LogP contribution < -0.4 is 5.32 Å². The molecule has 9 nitrogen and oxygen atoms in total. The third-order valence-corrected chi connectivity index (χ3v) is 7.72. The minimum Gasteiger partial charge on any atom is -0.480 e. The number of carbonyl (C=O) groups is 4. The van der Waals surface area contributed by atoms with Gasteiger partial charge >= 0.3 is 18.1 Å². The van der Waals surface area contributed by atoms with E-state index in [1.54, 1.807) is 23.6 Å². The van der Waals surface area contributed by atoms with E-state index in [0.29, 0.717) is 0 Å². The van der Waals surface area contributed by atoms with Crippen LogP contribution in [-0.2, 0) is 32.3 Å². The molecule has 0 saturated carbocycles. The summed E-state index contributed by atoms with van der Waals surface area (Å²) in [5.74, 6) is -4.18. The van der Waals surface area contributed by atoms with E-state index in [9.17, 15) is 32.7 Å². The smallest absolute Gasteiger partial charge is 0.480 e. The molecule has 2 saturated heterocycles. The number of nitrogens with one attached hydrogen (secondary N) is 1. The number of piperazine rings is 1. The number of amides is 2. The maximum absolute atomic E-state index is 14.3. The van der Waals surface area contributed by atoms with Gasteiger partial charge in [0.1, 0.15) is 17.1 Å². The van der Waals surface area contributed by atoms with Crippen molar-refractivity contribution in [3.63, 3.8) is 0 Å². The zero-order chi connectivity index (χ0) is 30.9. The maximum Gasteiger partial charge on any atom is 0.490 e. The van der Waals surface area contributed by atoms with Crippen LogP contribution in [-0.4, -0.2) is 73.6 Å². The molecule has 0 unspecified atom stereocenters. The third-order valence-electron chi connectivity index (χ3n) is 7.72. The van der Waals surface area contributed by atoms with E-state index in [4.69, 9.17) is 9.90 Å². The Labute approximate surface area is 239 Å². The fourth-order valence-electron chi connectivity index (χ4n) is 5.44. The Morgan fingerprint density at radius 1 is 0.881 bits per heavy atom. The lowest BCUT2D eigenvalue weighted by atomic mass is 9.82. The van der Waals surface area contributed by atoms with Gasteiger partial charge in [-0.3, -0.25) is 14.4 Å². The largest absolute Gasteiger partial charge is 0.490 e. The van der Waals surface area contributed by atoms with Crippen molar-refractivity contribution >= 4 is 34.5 Å². The van der Waals surface area contributed by atoms with Crippen LogP contribution >= 0.6 is 0 Å². The SMILES string of the molecule is CC1(C)C(=O)N(Cc2ccccc2)[C@@]2(CN[C@H](C(=O)O)C2)C(=O)N1Cc1cccc2ccccc12.O=C(O)C(F)(F)F. The molecule has 1 spiro atoms. The van der Waals surface area contributed by atoms with E-state index < -0.39 is 35.2 Å². The van der Waals surface area contributed by atoms with Crippen molar-refractivity contribution in [3.05, 3.63) is 83.9 Å². The van der Waals surface area contributed by atoms with Crippen LogP contribution in [0.15, 0.2) is 72.8 Å². The molecule has 2 fully saturated rings. The summed E-state index contributed by atoms with van der Waals surface area (Å²) < 4.78 is 31.7. The Morgan fingerprint density at radius 3 is 2.07 bits per heavy atom. The standard InChI is InChI=1S/C28H29N3O4.C2HF3O2/c1-27(2)25(34)31(16-19-9-4-3-5-10-19)28(15-23(24(32)33)29-18-28)26(35)30(27)17-21-13-8-12-20-11-6-7-14-22(20)21;3-2(4,5)1(6)7/h3-14,23,29H,15-18H2,1-2H3,(H,32,33);(H,6,7)/t23-,28-;/m0./s1. The molecule has 42 heavy (non-hydrogen) atoms. The van der Waals surface area contributed by atoms with E-state index in [-0.39, 0.29) is 37.9 Å². The molecule has 0 aliphatic carbocycles. The molecule has 2 atom stereocenters. The van der Waals surface area contributed by atoms with Gasteiger partial charge in [0.25, 0.3) is 5.91 Å². The Kier molecular flexibility index (Phi) is 8.31. The van der Waals surface area contributed by atoms with Gasteiger partial charge in [0.15, 0.2) is 0 Å². The molecule has 2 aliphatic heterocycles. The number of carbonyl (C=O) groups excluding carboxylic acids is 2. The monoisotopic (exact) mass is 585 g/mol. The second-order valence-electron chi connectivity index (χ2n) is 10.8. The van der Waals surface area contributed by atoms with Crippen molar-refractivity contribution in [2.24, 2.45) is 0 Å².